The highest BCUT2D eigenvalue weighted by Crippen LogP contribution is 2.41. The molecule has 1 unspecified atom stereocenters. The summed E-state index contributed by atoms with van der Waals surface area (Å²) in [5, 5.41) is 13.7. The lowest BCUT2D eigenvalue weighted by Gasteiger charge is -2.31. The number of para-hydroxylation sites is 2. The van der Waals surface area contributed by atoms with E-state index in [0.29, 0.717) is 57.0 Å². The monoisotopic (exact) mass is 1140 g/mol. The van der Waals surface area contributed by atoms with Crippen molar-refractivity contribution in [2.24, 2.45) is 0 Å². The van der Waals surface area contributed by atoms with Crippen LogP contribution in [0.15, 0.2) is 126 Å². The number of fused-ring (bicyclic) bond motifs is 2. The summed E-state index contributed by atoms with van der Waals surface area (Å²) in [5.41, 5.74) is 3.95. The van der Waals surface area contributed by atoms with E-state index < -0.39 is 81.0 Å². The number of aryl methyl sites for hydroxylation is 2. The van der Waals surface area contributed by atoms with Crippen LogP contribution in [-0.4, -0.2) is 86.4 Å². The third-order valence-electron chi connectivity index (χ3n) is 13.0. The predicted octanol–water partition coefficient (Wildman–Crippen LogP) is 11.1. The molecule has 5 N–H and O–H groups in total. The topological polar surface area (TPSA) is 207 Å². The van der Waals surface area contributed by atoms with Gasteiger partial charge in [-0.05, 0) is 149 Å². The highest BCUT2D eigenvalue weighted by Gasteiger charge is 2.36. The number of carbonyl (C=O) groups excluding carboxylic acids is 4. The average Bonchev–Trinajstić information content (AvgIpc) is 3.35. The fourth-order valence-electron chi connectivity index (χ4n) is 8.88. The van der Waals surface area contributed by atoms with Crippen LogP contribution in [0, 0.1) is 48.8 Å². The SMILES string of the molecule is Cc1ccc(C(=O)Nc2ccc(F)cc2)cc1-c1nc(NCCCN(C)C)nc2c1CNC(=O)N2c1c(F)cccc1F.Cc1ccc(C(=O)Nc2ccc(F)cc2)cc1-c1nc(S(C)=O)nc2c1CNC(=O)N2c1c(F)cccc1F. The molecule has 0 saturated carbocycles. The van der Waals surface area contributed by atoms with Crippen LogP contribution in [-0.2, 0) is 23.9 Å². The molecule has 6 aromatic carbocycles. The summed E-state index contributed by atoms with van der Waals surface area (Å²) in [6.45, 7) is 4.80. The van der Waals surface area contributed by atoms with Crippen molar-refractivity contribution < 1.29 is 49.7 Å². The molecule has 0 bridgehead atoms. The van der Waals surface area contributed by atoms with Crippen LogP contribution < -0.4 is 36.4 Å². The molecule has 0 saturated heterocycles. The number of urea groups is 2. The van der Waals surface area contributed by atoms with E-state index >= 15 is 0 Å². The van der Waals surface area contributed by atoms with Gasteiger partial charge in [-0.3, -0.25) is 13.8 Å². The van der Waals surface area contributed by atoms with Crippen LogP contribution in [0.2, 0.25) is 0 Å². The molecular weight excluding hydrogens is 1090 g/mol. The van der Waals surface area contributed by atoms with E-state index in [9.17, 15) is 49.7 Å². The van der Waals surface area contributed by atoms with Crippen LogP contribution >= 0.6 is 0 Å². The van der Waals surface area contributed by atoms with Gasteiger partial charge in [-0.2, -0.15) is 4.98 Å². The van der Waals surface area contributed by atoms with Gasteiger partial charge in [0.15, 0.2) is 11.6 Å². The molecule has 0 fully saturated rings. The molecule has 420 valence electrons. The van der Waals surface area contributed by atoms with Crippen molar-refractivity contribution in [2.45, 2.75) is 38.5 Å². The van der Waals surface area contributed by atoms with Crippen molar-refractivity contribution in [1.29, 1.82) is 0 Å². The molecule has 6 amide bonds. The zero-order valence-electron chi connectivity index (χ0n) is 44.4. The van der Waals surface area contributed by atoms with Gasteiger partial charge in [0.1, 0.15) is 46.3 Å². The van der Waals surface area contributed by atoms with Crippen LogP contribution in [0.4, 0.5) is 76.3 Å². The van der Waals surface area contributed by atoms with E-state index in [-0.39, 0.29) is 47.1 Å². The van der Waals surface area contributed by atoms with Crippen LogP contribution in [0.3, 0.4) is 0 Å². The molecule has 0 radical (unpaired) electrons. The summed E-state index contributed by atoms with van der Waals surface area (Å²) < 4.78 is 98.5. The standard InChI is InChI=1S/C31H30F3N7O2.C27H20F3N5O3S/c1-18-8-9-19(29(42)37-21-12-10-20(32)11-13-21)16-22(18)26-23-17-36-31(43)41(27-24(33)6-4-7-25(27)34)28(23)39-30(38-26)35-14-5-15-40(2)3;1-14-6-7-15(25(36)32-17-10-8-16(28)9-11-17)12-18(14)22-19-13-31-27(37)35(23-20(29)4-3-5-21(23)30)24(19)34-26(33-22)39(2)38/h4,6-13,16H,5,14-15,17H2,1-3H3,(H,36,43)(H,37,42)(H,35,38,39);3-12H,13H2,1-2H3,(H,31,37)(H,32,36). The predicted molar refractivity (Wildman–Crippen MR) is 299 cm³/mol. The minimum Gasteiger partial charge on any atom is -0.354 e. The van der Waals surface area contributed by atoms with Gasteiger partial charge in [0.05, 0.1) is 35.3 Å². The second-order valence-electron chi connectivity index (χ2n) is 19.0. The summed E-state index contributed by atoms with van der Waals surface area (Å²) in [6, 6.07) is 25.5. The van der Waals surface area contributed by atoms with E-state index in [1.54, 1.807) is 43.3 Å². The van der Waals surface area contributed by atoms with Gasteiger partial charge in [-0.15, -0.1) is 0 Å². The number of hydrogen-bond acceptors (Lipinski definition) is 11. The molecule has 1 atom stereocenters. The number of aromatic nitrogens is 4. The molecule has 0 aliphatic carbocycles. The first-order valence-corrected chi connectivity index (χ1v) is 26.8. The van der Waals surface area contributed by atoms with Gasteiger partial charge in [-0.25, -0.2) is 60.7 Å². The summed E-state index contributed by atoms with van der Waals surface area (Å²) in [7, 11) is 2.18. The van der Waals surface area contributed by atoms with Gasteiger partial charge in [-0.1, -0.05) is 24.3 Å². The number of benzene rings is 6. The zero-order valence-corrected chi connectivity index (χ0v) is 45.2. The van der Waals surface area contributed by atoms with Crippen molar-refractivity contribution in [2.75, 3.05) is 59.2 Å². The van der Waals surface area contributed by atoms with Crippen molar-refractivity contribution in [1.82, 2.24) is 35.5 Å². The number of rotatable bonds is 14. The number of nitrogens with one attached hydrogen (secondary N) is 5. The van der Waals surface area contributed by atoms with Crippen LogP contribution in [0.5, 0.6) is 0 Å². The van der Waals surface area contributed by atoms with Crippen molar-refractivity contribution in [3.63, 3.8) is 0 Å². The van der Waals surface area contributed by atoms with E-state index in [1.807, 2.05) is 25.9 Å². The first-order chi connectivity index (χ1) is 39.3. The van der Waals surface area contributed by atoms with Crippen molar-refractivity contribution in [3.05, 3.63) is 190 Å². The van der Waals surface area contributed by atoms with Gasteiger partial charge in [0, 0.05) is 57.6 Å². The quantitative estimate of drug-likeness (QED) is 0.0393. The third-order valence-corrected chi connectivity index (χ3v) is 13.7. The maximum absolute atomic E-state index is 15.0. The van der Waals surface area contributed by atoms with E-state index in [0.717, 1.165) is 52.6 Å². The Morgan fingerprint density at radius 3 is 1.45 bits per heavy atom. The third kappa shape index (κ3) is 12.4. The molecule has 4 heterocycles. The summed E-state index contributed by atoms with van der Waals surface area (Å²) in [5.74, 6) is -5.57. The number of halogens is 6. The Morgan fingerprint density at radius 1 is 0.598 bits per heavy atom. The summed E-state index contributed by atoms with van der Waals surface area (Å²) in [4.78, 5) is 73.7. The highest BCUT2D eigenvalue weighted by atomic mass is 32.2. The number of carbonyl (C=O) groups is 4. The van der Waals surface area contributed by atoms with Crippen LogP contribution in [0.1, 0.15) is 49.4 Å². The normalized spacial score (nSPS) is 13.0. The minimum atomic E-state index is -1.73. The smallest absolute Gasteiger partial charge is 0.328 e. The molecule has 17 nitrogen and oxygen atoms in total. The zero-order chi connectivity index (χ0) is 58.5. The van der Waals surface area contributed by atoms with Crippen LogP contribution in [0.25, 0.3) is 22.5 Å². The molecule has 2 aliphatic rings. The highest BCUT2D eigenvalue weighted by molar-refractivity contribution is 7.84. The van der Waals surface area contributed by atoms with Gasteiger partial charge in [0.2, 0.25) is 11.1 Å². The maximum atomic E-state index is 15.0. The Labute approximate surface area is 468 Å². The lowest BCUT2D eigenvalue weighted by Crippen LogP contribution is -2.43. The maximum Gasteiger partial charge on any atom is 0.328 e. The van der Waals surface area contributed by atoms with E-state index in [1.165, 1.54) is 66.9 Å². The largest absolute Gasteiger partial charge is 0.354 e. The van der Waals surface area contributed by atoms with E-state index in [4.69, 9.17) is 4.98 Å². The fourth-order valence-corrected chi connectivity index (χ4v) is 9.31. The van der Waals surface area contributed by atoms with E-state index in [2.05, 4.69) is 41.5 Å². The number of hydrogen-bond donors (Lipinski definition) is 5. The van der Waals surface area contributed by atoms with Gasteiger partial charge in [0.25, 0.3) is 11.8 Å². The lowest BCUT2D eigenvalue weighted by molar-refractivity contribution is 0.101. The number of amides is 6. The second-order valence-corrected chi connectivity index (χ2v) is 20.3. The Morgan fingerprint density at radius 2 is 1.02 bits per heavy atom. The van der Waals surface area contributed by atoms with Gasteiger partial charge < -0.3 is 31.5 Å². The molecule has 24 heteroatoms. The molecule has 8 aromatic rings. The molecule has 0 spiro atoms. The average molecular weight is 1140 g/mol. The molecular formula is C58H50F6N12O5S. The Kier molecular flexibility index (Phi) is 17.0. The van der Waals surface area contributed by atoms with Crippen molar-refractivity contribution in [3.8, 4) is 22.5 Å². The van der Waals surface area contributed by atoms with Crippen molar-refractivity contribution >= 4 is 75.0 Å². The lowest BCUT2D eigenvalue weighted by atomic mass is 9.97. The summed E-state index contributed by atoms with van der Waals surface area (Å²) in [6.07, 6.45) is 2.09. The summed E-state index contributed by atoms with van der Waals surface area (Å²) >= 11 is 0. The first kappa shape index (κ1) is 57.1. The Bertz CT molecular complexity index is 3800. The second kappa shape index (κ2) is 24.4. The Balaban J connectivity index is 0.000000198. The first-order valence-electron chi connectivity index (χ1n) is 25.2. The minimum absolute atomic E-state index is 0.0115. The molecule has 2 aliphatic heterocycles. The van der Waals surface area contributed by atoms with Gasteiger partial charge >= 0.3 is 12.1 Å². The number of anilines is 7. The fraction of sp³-hybridized carbons (Fsp3) is 0.172. The molecule has 82 heavy (non-hydrogen) atoms. The molecule has 2 aromatic heterocycles. The number of nitrogens with zero attached hydrogens (tertiary/aromatic N) is 7. The molecule has 10 rings (SSSR count). The Hall–Kier alpha value is -9.55.